The predicted octanol–water partition coefficient (Wildman–Crippen LogP) is 4.77. The number of hydrogen-bond acceptors (Lipinski definition) is 3. The van der Waals surface area contributed by atoms with E-state index in [4.69, 9.17) is 4.74 Å². The van der Waals surface area contributed by atoms with Gasteiger partial charge in [-0.1, -0.05) is 42.5 Å². The van der Waals surface area contributed by atoms with Crippen molar-refractivity contribution in [2.75, 3.05) is 6.61 Å². The number of benzene rings is 2. The maximum Gasteiger partial charge on any atom is 0.190 e. The molecule has 0 aliphatic carbocycles. The summed E-state index contributed by atoms with van der Waals surface area (Å²) < 4.78 is 22.0. The number of thiazole rings is 1. The lowest BCUT2D eigenvalue weighted by atomic mass is 10.1. The van der Waals surface area contributed by atoms with E-state index < -0.39 is 0 Å². The highest BCUT2D eigenvalue weighted by Gasteiger charge is 2.19. The van der Waals surface area contributed by atoms with Gasteiger partial charge < -0.3 is 9.30 Å². The van der Waals surface area contributed by atoms with Crippen LogP contribution in [0.4, 0.5) is 10.1 Å². The van der Waals surface area contributed by atoms with E-state index in [-0.39, 0.29) is 11.9 Å². The van der Waals surface area contributed by atoms with Gasteiger partial charge in [0.05, 0.1) is 18.3 Å². The van der Waals surface area contributed by atoms with Gasteiger partial charge in [-0.15, -0.1) is 11.3 Å². The third-order valence-electron chi connectivity index (χ3n) is 4.35. The summed E-state index contributed by atoms with van der Waals surface area (Å²) in [6.45, 7) is 1.55. The number of para-hydroxylation sites is 1. The van der Waals surface area contributed by atoms with Crippen molar-refractivity contribution in [3.63, 3.8) is 0 Å². The van der Waals surface area contributed by atoms with Gasteiger partial charge in [0.1, 0.15) is 11.5 Å². The summed E-state index contributed by atoms with van der Waals surface area (Å²) in [5, 5.41) is 2.09. The molecule has 1 saturated heterocycles. The van der Waals surface area contributed by atoms with Crippen LogP contribution in [0.3, 0.4) is 0 Å². The van der Waals surface area contributed by atoms with Gasteiger partial charge in [-0.25, -0.2) is 9.38 Å². The summed E-state index contributed by atoms with van der Waals surface area (Å²) in [6.07, 6.45) is 2.34. The summed E-state index contributed by atoms with van der Waals surface area (Å²) in [6, 6.07) is 16.8. The second kappa shape index (κ2) is 7.33. The Kier molecular flexibility index (Phi) is 4.76. The molecule has 0 saturated carbocycles. The number of hydrogen-bond donors (Lipinski definition) is 0. The van der Waals surface area contributed by atoms with Crippen LogP contribution in [0.2, 0.25) is 0 Å². The Balaban J connectivity index is 1.81. The molecule has 0 radical (unpaired) electrons. The largest absolute Gasteiger partial charge is 0.376 e. The smallest absolute Gasteiger partial charge is 0.190 e. The Labute approximate surface area is 150 Å². The molecule has 0 N–H and O–H groups in total. The van der Waals surface area contributed by atoms with E-state index >= 15 is 0 Å². The van der Waals surface area contributed by atoms with Crippen molar-refractivity contribution < 1.29 is 9.13 Å². The summed E-state index contributed by atoms with van der Waals surface area (Å²) in [5.41, 5.74) is 2.59. The standard InChI is InChI=1S/C20H19FN2OS/c21-17-10-4-5-11-18(17)22-20-23(13-16-9-6-12-24-16)19(14-25-20)15-7-2-1-3-8-15/h1-5,7-8,10-11,14,16H,6,9,12-13H2. The minimum Gasteiger partial charge on any atom is -0.376 e. The zero-order valence-corrected chi connectivity index (χ0v) is 14.6. The first-order chi connectivity index (χ1) is 12.3. The molecule has 0 spiro atoms. The van der Waals surface area contributed by atoms with Gasteiger partial charge in [0.15, 0.2) is 4.80 Å². The summed E-state index contributed by atoms with van der Waals surface area (Å²) >= 11 is 1.53. The van der Waals surface area contributed by atoms with Crippen molar-refractivity contribution in [3.8, 4) is 11.3 Å². The van der Waals surface area contributed by atoms with Crippen LogP contribution in [0, 0.1) is 5.82 Å². The lowest BCUT2D eigenvalue weighted by Gasteiger charge is -2.14. The van der Waals surface area contributed by atoms with E-state index in [1.807, 2.05) is 18.2 Å². The molecule has 1 atom stereocenters. The van der Waals surface area contributed by atoms with Gasteiger partial charge in [0, 0.05) is 12.0 Å². The van der Waals surface area contributed by atoms with Gasteiger partial charge in [-0.2, -0.15) is 0 Å². The number of nitrogens with zero attached hydrogens (tertiary/aromatic N) is 2. The van der Waals surface area contributed by atoms with Crippen molar-refractivity contribution in [1.29, 1.82) is 0 Å². The van der Waals surface area contributed by atoms with Crippen molar-refractivity contribution >= 4 is 17.0 Å². The van der Waals surface area contributed by atoms with Gasteiger partial charge in [-0.05, 0) is 30.5 Å². The molecular formula is C20H19FN2OS. The molecule has 128 valence electrons. The molecule has 1 aliphatic heterocycles. The Morgan fingerprint density at radius 1 is 1.12 bits per heavy atom. The Hall–Kier alpha value is -2.24. The van der Waals surface area contributed by atoms with Gasteiger partial charge in [-0.3, -0.25) is 0 Å². The lowest BCUT2D eigenvalue weighted by molar-refractivity contribution is 0.0968. The molecule has 1 aliphatic rings. The highest BCUT2D eigenvalue weighted by molar-refractivity contribution is 7.07. The van der Waals surface area contributed by atoms with Crippen LogP contribution >= 0.6 is 11.3 Å². The molecule has 25 heavy (non-hydrogen) atoms. The molecule has 1 fully saturated rings. The quantitative estimate of drug-likeness (QED) is 0.663. The first-order valence-corrected chi connectivity index (χ1v) is 9.34. The fourth-order valence-electron chi connectivity index (χ4n) is 3.07. The molecule has 4 rings (SSSR count). The monoisotopic (exact) mass is 354 g/mol. The summed E-state index contributed by atoms with van der Waals surface area (Å²) in [7, 11) is 0. The van der Waals surface area contributed by atoms with Gasteiger partial charge >= 0.3 is 0 Å². The normalized spacial score (nSPS) is 18.0. The van der Waals surface area contributed by atoms with E-state index in [0.717, 1.165) is 42.1 Å². The van der Waals surface area contributed by atoms with Crippen LogP contribution in [0.25, 0.3) is 11.3 Å². The van der Waals surface area contributed by atoms with E-state index in [1.165, 1.54) is 17.4 Å². The molecule has 2 aromatic carbocycles. The molecule has 2 heterocycles. The third kappa shape index (κ3) is 3.57. The van der Waals surface area contributed by atoms with Crippen LogP contribution < -0.4 is 4.80 Å². The maximum absolute atomic E-state index is 14.0. The number of ether oxygens (including phenoxy) is 1. The van der Waals surface area contributed by atoms with Crippen molar-refractivity contribution in [2.24, 2.45) is 4.99 Å². The molecule has 0 bridgehead atoms. The Morgan fingerprint density at radius 2 is 1.92 bits per heavy atom. The van der Waals surface area contributed by atoms with Crippen molar-refractivity contribution in [1.82, 2.24) is 4.57 Å². The van der Waals surface area contributed by atoms with Crippen LogP contribution in [0.15, 0.2) is 65.0 Å². The van der Waals surface area contributed by atoms with Crippen LogP contribution in [0.1, 0.15) is 12.8 Å². The third-order valence-corrected chi connectivity index (χ3v) is 5.21. The predicted molar refractivity (Wildman–Crippen MR) is 98.3 cm³/mol. The summed E-state index contributed by atoms with van der Waals surface area (Å²) in [4.78, 5) is 5.37. The van der Waals surface area contributed by atoms with E-state index in [1.54, 1.807) is 18.2 Å². The zero-order valence-electron chi connectivity index (χ0n) is 13.8. The minimum atomic E-state index is -0.305. The average Bonchev–Trinajstić information content (AvgIpc) is 3.29. The topological polar surface area (TPSA) is 26.5 Å². The van der Waals surface area contributed by atoms with Crippen LogP contribution in [-0.2, 0) is 11.3 Å². The maximum atomic E-state index is 14.0. The SMILES string of the molecule is Fc1ccccc1N=c1scc(-c2ccccc2)n1CC1CCCO1. The first kappa shape index (κ1) is 16.2. The Bertz CT molecular complexity index is 911. The van der Waals surface area contributed by atoms with Gasteiger partial charge in [0.2, 0.25) is 0 Å². The lowest BCUT2D eigenvalue weighted by Crippen LogP contribution is -2.24. The molecular weight excluding hydrogens is 335 g/mol. The minimum absolute atomic E-state index is 0.191. The first-order valence-electron chi connectivity index (χ1n) is 8.46. The number of aromatic nitrogens is 1. The van der Waals surface area contributed by atoms with Crippen molar-refractivity contribution in [2.45, 2.75) is 25.5 Å². The Morgan fingerprint density at radius 3 is 2.68 bits per heavy atom. The van der Waals surface area contributed by atoms with Gasteiger partial charge in [0.25, 0.3) is 0 Å². The highest BCUT2D eigenvalue weighted by Crippen LogP contribution is 2.23. The molecule has 3 aromatic rings. The molecule has 5 heteroatoms. The fraction of sp³-hybridized carbons (Fsp3) is 0.250. The molecule has 0 amide bonds. The van der Waals surface area contributed by atoms with Crippen LogP contribution in [-0.4, -0.2) is 17.3 Å². The summed E-state index contributed by atoms with van der Waals surface area (Å²) in [5.74, 6) is -0.305. The van der Waals surface area contributed by atoms with Crippen molar-refractivity contribution in [3.05, 3.63) is 70.6 Å². The zero-order chi connectivity index (χ0) is 17.1. The average molecular weight is 354 g/mol. The fourth-order valence-corrected chi connectivity index (χ4v) is 4.00. The highest BCUT2D eigenvalue weighted by atomic mass is 32.1. The van der Waals surface area contributed by atoms with Crippen LogP contribution in [0.5, 0.6) is 0 Å². The second-order valence-electron chi connectivity index (χ2n) is 6.08. The van der Waals surface area contributed by atoms with E-state index in [2.05, 4.69) is 27.1 Å². The second-order valence-corrected chi connectivity index (χ2v) is 6.91. The van der Waals surface area contributed by atoms with E-state index in [0.29, 0.717) is 5.69 Å². The molecule has 1 unspecified atom stereocenters. The van der Waals surface area contributed by atoms with E-state index in [9.17, 15) is 4.39 Å². The number of rotatable bonds is 4. The number of halogens is 1. The molecule has 3 nitrogen and oxygen atoms in total. The molecule has 1 aromatic heterocycles.